The number of methoxy groups -OCH3 is 3. The van der Waals surface area contributed by atoms with Crippen LogP contribution in [0.2, 0.25) is 0 Å². The van der Waals surface area contributed by atoms with Gasteiger partial charge in [0.1, 0.15) is 17.6 Å². The van der Waals surface area contributed by atoms with E-state index in [1.165, 1.54) is 28.3 Å². The Morgan fingerprint density at radius 1 is 0.947 bits per heavy atom. The predicted molar refractivity (Wildman–Crippen MR) is 126 cm³/mol. The number of hydrogen-bond donors (Lipinski definition) is 1. The Labute approximate surface area is 220 Å². The number of aliphatic hydroxyl groups excluding tert-OH is 1. The molecule has 4 aliphatic rings. The quantitative estimate of drug-likeness (QED) is 0.284. The Morgan fingerprint density at radius 3 is 2.16 bits per heavy atom. The second-order valence-corrected chi connectivity index (χ2v) is 10.6. The van der Waals surface area contributed by atoms with Crippen LogP contribution in [0.5, 0.6) is 0 Å². The molecule has 12 heteroatoms. The molecule has 2 aliphatic heterocycles. The van der Waals surface area contributed by atoms with E-state index in [4.69, 9.17) is 33.2 Å². The molecular formula is C26H36O12. The summed E-state index contributed by atoms with van der Waals surface area (Å²) in [6.07, 6.45) is -2.78. The molecule has 0 unspecified atom stereocenters. The third kappa shape index (κ3) is 3.56. The van der Waals surface area contributed by atoms with Gasteiger partial charge in [-0.15, -0.1) is 0 Å². The van der Waals surface area contributed by atoms with Crippen molar-refractivity contribution in [2.75, 3.05) is 34.5 Å². The fourth-order valence-corrected chi connectivity index (χ4v) is 7.54. The van der Waals surface area contributed by atoms with Crippen molar-refractivity contribution in [3.63, 3.8) is 0 Å². The van der Waals surface area contributed by atoms with Gasteiger partial charge in [0.15, 0.2) is 0 Å². The van der Waals surface area contributed by atoms with Crippen LogP contribution in [0.3, 0.4) is 0 Å². The van der Waals surface area contributed by atoms with Crippen LogP contribution in [0, 0.1) is 28.6 Å². The van der Waals surface area contributed by atoms with E-state index in [9.17, 15) is 24.3 Å². The van der Waals surface area contributed by atoms with Crippen LogP contribution in [0.25, 0.3) is 0 Å². The van der Waals surface area contributed by atoms with Gasteiger partial charge in [-0.3, -0.25) is 9.59 Å². The lowest BCUT2D eigenvalue weighted by atomic mass is 9.43. The highest BCUT2D eigenvalue weighted by molar-refractivity contribution is 5.88. The summed E-state index contributed by atoms with van der Waals surface area (Å²) in [5.41, 5.74) is -2.54. The normalized spacial score (nSPS) is 43.5. The van der Waals surface area contributed by atoms with Crippen LogP contribution in [0.4, 0.5) is 0 Å². The summed E-state index contributed by atoms with van der Waals surface area (Å²) < 4.78 is 40.0. The van der Waals surface area contributed by atoms with E-state index >= 15 is 0 Å². The van der Waals surface area contributed by atoms with E-state index in [0.29, 0.717) is 5.57 Å². The maximum atomic E-state index is 13.6. The molecule has 0 radical (unpaired) electrons. The van der Waals surface area contributed by atoms with Crippen LogP contribution in [-0.2, 0) is 52.3 Å². The third-order valence-electron chi connectivity index (χ3n) is 9.16. The molecule has 2 heterocycles. The maximum absolute atomic E-state index is 13.6. The van der Waals surface area contributed by atoms with Crippen LogP contribution >= 0.6 is 0 Å². The summed E-state index contributed by atoms with van der Waals surface area (Å²) in [5, 5.41) is 11.5. The predicted octanol–water partition coefficient (Wildman–Crippen LogP) is 0.533. The highest BCUT2D eigenvalue weighted by Gasteiger charge is 2.84. The highest BCUT2D eigenvalue weighted by Crippen LogP contribution is 2.71. The zero-order valence-electron chi connectivity index (χ0n) is 22.7. The van der Waals surface area contributed by atoms with Gasteiger partial charge in [0, 0.05) is 43.3 Å². The summed E-state index contributed by atoms with van der Waals surface area (Å²) in [5.74, 6) is -7.38. The molecule has 0 aromatic rings. The van der Waals surface area contributed by atoms with Crippen LogP contribution in [0.15, 0.2) is 11.6 Å². The highest BCUT2D eigenvalue weighted by atomic mass is 16.7. The van der Waals surface area contributed by atoms with E-state index in [0.717, 1.165) is 0 Å². The van der Waals surface area contributed by atoms with Gasteiger partial charge >= 0.3 is 23.9 Å². The van der Waals surface area contributed by atoms with Gasteiger partial charge in [-0.25, -0.2) is 9.59 Å². The molecule has 0 bridgehead atoms. The zero-order valence-corrected chi connectivity index (χ0v) is 22.7. The van der Waals surface area contributed by atoms with Crippen molar-refractivity contribution >= 4 is 23.9 Å². The van der Waals surface area contributed by atoms with E-state index in [1.54, 1.807) is 26.8 Å². The summed E-state index contributed by atoms with van der Waals surface area (Å²) in [6.45, 7) is 5.79. The van der Waals surface area contributed by atoms with E-state index < -0.39 is 82.7 Å². The Bertz CT molecular complexity index is 1040. The molecule has 2 saturated carbocycles. The molecular weight excluding hydrogens is 504 g/mol. The molecule has 1 N–H and O–H groups in total. The number of ether oxygens (including phenoxy) is 7. The summed E-state index contributed by atoms with van der Waals surface area (Å²) >= 11 is 0. The fourth-order valence-electron chi connectivity index (χ4n) is 7.54. The molecule has 10 atom stereocenters. The number of allylic oxidation sites excluding steroid dienone is 1. The Hall–Kier alpha value is -2.54. The Morgan fingerprint density at radius 2 is 1.61 bits per heavy atom. The molecule has 1 spiro atoms. The minimum absolute atomic E-state index is 0.104. The van der Waals surface area contributed by atoms with Gasteiger partial charge in [0.2, 0.25) is 0 Å². The van der Waals surface area contributed by atoms with Gasteiger partial charge in [-0.05, 0) is 19.8 Å². The average Bonchev–Trinajstić information content (AvgIpc) is 3.48. The second-order valence-electron chi connectivity index (χ2n) is 10.6. The molecule has 38 heavy (non-hydrogen) atoms. The molecule has 12 nitrogen and oxygen atoms in total. The minimum atomic E-state index is -1.97. The lowest BCUT2D eigenvalue weighted by molar-refractivity contribution is -0.268. The van der Waals surface area contributed by atoms with E-state index in [2.05, 4.69) is 0 Å². The van der Waals surface area contributed by atoms with Gasteiger partial charge in [0.05, 0.1) is 39.6 Å². The molecule has 0 aromatic heterocycles. The molecule has 0 amide bonds. The summed E-state index contributed by atoms with van der Waals surface area (Å²) in [7, 11) is 3.68. The fraction of sp³-hybridized carbons (Fsp3) is 0.769. The van der Waals surface area contributed by atoms with E-state index in [-0.39, 0.29) is 19.6 Å². The number of carbonyl (C=O) groups is 4. The first-order valence-electron chi connectivity index (χ1n) is 12.6. The lowest BCUT2D eigenvalue weighted by Gasteiger charge is -2.61. The first-order valence-corrected chi connectivity index (χ1v) is 12.6. The third-order valence-corrected chi connectivity index (χ3v) is 9.16. The summed E-state index contributed by atoms with van der Waals surface area (Å²) in [4.78, 5) is 52.2. The van der Waals surface area contributed by atoms with Gasteiger partial charge in [0.25, 0.3) is 5.79 Å². The standard InChI is InChI=1S/C26H36O12/c1-8-12(2)21(29)38-15-9-16(37-14(4)27)25(22(30)32-5)10-35-18-17(28)13(3)19-24(15,20(18)25)11-36-26(19,34-7)23(31)33-6/h8,13,15-20,28H,9-11H2,1-7H3/b12-8+/t13-,15+,16-,17-,18+,19+,20-,24-,25+,26+/m1/s1. The number of rotatable bonds is 6. The summed E-state index contributed by atoms with van der Waals surface area (Å²) in [6, 6.07) is 0. The van der Waals surface area contributed by atoms with Crippen molar-refractivity contribution in [2.45, 2.75) is 64.3 Å². The minimum Gasteiger partial charge on any atom is -0.468 e. The number of esters is 4. The van der Waals surface area contributed by atoms with Crippen LogP contribution in [-0.4, -0.2) is 93.7 Å². The largest absolute Gasteiger partial charge is 0.468 e. The lowest BCUT2D eigenvalue weighted by Crippen LogP contribution is -2.73. The smallest absolute Gasteiger partial charge is 0.366 e. The molecule has 2 aliphatic carbocycles. The molecule has 2 saturated heterocycles. The van der Waals surface area contributed by atoms with Crippen molar-refractivity contribution < 1.29 is 57.4 Å². The SMILES string of the molecule is C/C=C(\C)C(=O)O[C@H]1C[C@@H](OC(C)=O)[C@@]2(C(=O)OC)CO[C@H]3[C@H](O)[C@@H](C)[C@@H]4[C@@](OC)(C(=O)OC)OC[C@@]14[C@@H]32. The number of carbonyl (C=O) groups excluding carboxylic acids is 4. The first-order chi connectivity index (χ1) is 17.9. The van der Waals surface area contributed by atoms with Gasteiger partial charge in [-0.2, -0.15) is 0 Å². The Kier molecular flexibility index (Phi) is 7.41. The molecule has 4 fully saturated rings. The monoisotopic (exact) mass is 540 g/mol. The van der Waals surface area contributed by atoms with Crippen molar-refractivity contribution in [2.24, 2.45) is 28.6 Å². The first kappa shape index (κ1) is 28.5. The van der Waals surface area contributed by atoms with Crippen LogP contribution < -0.4 is 0 Å². The molecule has 212 valence electrons. The van der Waals surface area contributed by atoms with Gasteiger partial charge in [-0.1, -0.05) is 13.0 Å². The van der Waals surface area contributed by atoms with Gasteiger partial charge < -0.3 is 38.3 Å². The van der Waals surface area contributed by atoms with Crippen molar-refractivity contribution in [3.05, 3.63) is 11.6 Å². The zero-order chi connectivity index (χ0) is 28.2. The number of aliphatic hydroxyl groups is 1. The molecule has 4 rings (SSSR count). The second kappa shape index (κ2) is 9.89. The maximum Gasteiger partial charge on any atom is 0.366 e. The number of hydrogen-bond acceptors (Lipinski definition) is 12. The average molecular weight is 541 g/mol. The Balaban J connectivity index is 2.01. The van der Waals surface area contributed by atoms with Crippen LogP contribution in [0.1, 0.15) is 34.1 Å². The van der Waals surface area contributed by atoms with E-state index in [1.807, 2.05) is 0 Å². The topological polar surface area (TPSA) is 153 Å². The molecule has 0 aromatic carbocycles. The van der Waals surface area contributed by atoms with Crippen molar-refractivity contribution in [1.82, 2.24) is 0 Å². The van der Waals surface area contributed by atoms with Crippen molar-refractivity contribution in [3.8, 4) is 0 Å². The van der Waals surface area contributed by atoms with Crippen molar-refractivity contribution in [1.29, 1.82) is 0 Å².